The van der Waals surface area contributed by atoms with Gasteiger partial charge >= 0.3 is 0 Å². The number of nitro groups is 1. The van der Waals surface area contributed by atoms with E-state index in [0.717, 1.165) is 0 Å². The van der Waals surface area contributed by atoms with Gasteiger partial charge in [0.15, 0.2) is 0 Å². The molecule has 0 aliphatic rings. The SMILES string of the molecule is NNc1cccc(COc2cc(Br)cc([N+](=O)[O-])c2)n1. The summed E-state index contributed by atoms with van der Waals surface area (Å²) in [4.78, 5) is 14.5. The molecule has 0 saturated carbocycles. The standard InChI is InChI=1S/C12H11BrN4O3/c13-8-4-10(17(18)19)6-11(5-8)20-7-9-2-1-3-12(15-9)16-14/h1-6H,7,14H2,(H,15,16). The maximum absolute atomic E-state index is 10.8. The summed E-state index contributed by atoms with van der Waals surface area (Å²) >= 11 is 3.20. The molecule has 2 aromatic rings. The first-order valence-electron chi connectivity index (χ1n) is 5.59. The number of nitrogens with one attached hydrogen (secondary N) is 1. The summed E-state index contributed by atoms with van der Waals surface area (Å²) in [7, 11) is 0. The summed E-state index contributed by atoms with van der Waals surface area (Å²) in [5, 5.41) is 10.8. The molecule has 1 heterocycles. The minimum absolute atomic E-state index is 0.0419. The molecular formula is C12H11BrN4O3. The van der Waals surface area contributed by atoms with E-state index in [9.17, 15) is 10.1 Å². The number of pyridine rings is 1. The number of halogens is 1. The van der Waals surface area contributed by atoms with E-state index >= 15 is 0 Å². The molecule has 8 heteroatoms. The van der Waals surface area contributed by atoms with Crippen molar-refractivity contribution < 1.29 is 9.66 Å². The lowest BCUT2D eigenvalue weighted by atomic mass is 10.3. The molecule has 0 atom stereocenters. The third kappa shape index (κ3) is 3.65. The highest BCUT2D eigenvalue weighted by molar-refractivity contribution is 9.10. The smallest absolute Gasteiger partial charge is 0.274 e. The zero-order chi connectivity index (χ0) is 14.5. The van der Waals surface area contributed by atoms with Crippen LogP contribution in [0.3, 0.4) is 0 Å². The number of ether oxygens (including phenoxy) is 1. The predicted octanol–water partition coefficient (Wildman–Crippen LogP) is 2.62. The second-order valence-corrected chi connectivity index (χ2v) is 4.77. The monoisotopic (exact) mass is 338 g/mol. The van der Waals surface area contributed by atoms with Crippen molar-refractivity contribution in [2.45, 2.75) is 6.61 Å². The van der Waals surface area contributed by atoms with Crippen LogP contribution in [0, 0.1) is 10.1 Å². The molecule has 0 spiro atoms. The van der Waals surface area contributed by atoms with Crippen LogP contribution in [0.15, 0.2) is 40.9 Å². The first kappa shape index (κ1) is 14.2. The molecule has 0 aliphatic heterocycles. The van der Waals surface area contributed by atoms with Crippen molar-refractivity contribution in [1.29, 1.82) is 0 Å². The number of nitrogen functional groups attached to an aromatic ring is 1. The number of nitro benzene ring substituents is 1. The minimum Gasteiger partial charge on any atom is -0.487 e. The van der Waals surface area contributed by atoms with Gasteiger partial charge in [-0.15, -0.1) is 0 Å². The topological polar surface area (TPSA) is 103 Å². The number of hydrogen-bond acceptors (Lipinski definition) is 6. The molecule has 1 aromatic carbocycles. The van der Waals surface area contributed by atoms with Crippen molar-refractivity contribution in [1.82, 2.24) is 4.98 Å². The molecule has 2 rings (SSSR count). The van der Waals surface area contributed by atoms with Gasteiger partial charge in [-0.2, -0.15) is 0 Å². The number of non-ortho nitro benzene ring substituents is 1. The van der Waals surface area contributed by atoms with E-state index in [1.165, 1.54) is 12.1 Å². The molecular weight excluding hydrogens is 328 g/mol. The predicted molar refractivity (Wildman–Crippen MR) is 77.2 cm³/mol. The third-order valence-corrected chi connectivity index (χ3v) is 2.87. The minimum atomic E-state index is -0.477. The van der Waals surface area contributed by atoms with Gasteiger partial charge in [0, 0.05) is 10.5 Å². The maximum atomic E-state index is 10.8. The summed E-state index contributed by atoms with van der Waals surface area (Å²) < 4.78 is 6.07. The fraction of sp³-hybridized carbons (Fsp3) is 0.0833. The second-order valence-electron chi connectivity index (χ2n) is 3.85. The van der Waals surface area contributed by atoms with Crippen molar-refractivity contribution in [3.8, 4) is 5.75 Å². The Morgan fingerprint density at radius 2 is 2.20 bits per heavy atom. The Morgan fingerprint density at radius 3 is 2.90 bits per heavy atom. The van der Waals surface area contributed by atoms with Crippen LogP contribution in [0.4, 0.5) is 11.5 Å². The Hall–Kier alpha value is -2.19. The Balaban J connectivity index is 2.12. The van der Waals surface area contributed by atoms with Crippen LogP contribution in [0.2, 0.25) is 0 Å². The molecule has 0 aliphatic carbocycles. The fourth-order valence-corrected chi connectivity index (χ4v) is 1.99. The Morgan fingerprint density at radius 1 is 1.40 bits per heavy atom. The zero-order valence-electron chi connectivity index (χ0n) is 10.2. The number of hydrogen-bond donors (Lipinski definition) is 2. The van der Waals surface area contributed by atoms with E-state index in [1.54, 1.807) is 24.3 Å². The fourth-order valence-electron chi connectivity index (χ4n) is 1.53. The van der Waals surface area contributed by atoms with Crippen molar-refractivity contribution in [2.75, 3.05) is 5.43 Å². The molecule has 0 bridgehead atoms. The van der Waals surface area contributed by atoms with E-state index in [-0.39, 0.29) is 12.3 Å². The first-order valence-corrected chi connectivity index (χ1v) is 6.38. The van der Waals surface area contributed by atoms with Gasteiger partial charge in [0.05, 0.1) is 16.7 Å². The van der Waals surface area contributed by atoms with E-state index in [2.05, 4.69) is 26.3 Å². The lowest BCUT2D eigenvalue weighted by Gasteiger charge is -2.07. The average Bonchev–Trinajstić information content (AvgIpc) is 2.44. The van der Waals surface area contributed by atoms with Gasteiger partial charge in [-0.3, -0.25) is 10.1 Å². The highest BCUT2D eigenvalue weighted by atomic mass is 79.9. The number of nitrogens with two attached hydrogens (primary N) is 1. The summed E-state index contributed by atoms with van der Waals surface area (Å²) in [6.07, 6.45) is 0. The second kappa shape index (κ2) is 6.31. The molecule has 0 saturated heterocycles. The van der Waals surface area contributed by atoms with Gasteiger partial charge in [0.2, 0.25) is 0 Å². The van der Waals surface area contributed by atoms with Gasteiger partial charge in [-0.05, 0) is 18.2 Å². The molecule has 3 N–H and O–H groups in total. The van der Waals surface area contributed by atoms with Gasteiger partial charge in [0.25, 0.3) is 5.69 Å². The van der Waals surface area contributed by atoms with Gasteiger partial charge in [0.1, 0.15) is 18.2 Å². The van der Waals surface area contributed by atoms with Crippen LogP contribution in [0.5, 0.6) is 5.75 Å². The normalized spacial score (nSPS) is 10.1. The van der Waals surface area contributed by atoms with E-state index in [1.807, 2.05) is 0 Å². The summed E-state index contributed by atoms with van der Waals surface area (Å²) in [6.45, 7) is 0.184. The van der Waals surface area contributed by atoms with Crippen LogP contribution in [0.25, 0.3) is 0 Å². The van der Waals surface area contributed by atoms with Crippen molar-refractivity contribution in [2.24, 2.45) is 5.84 Å². The molecule has 0 unspecified atom stereocenters. The van der Waals surface area contributed by atoms with Crippen molar-refractivity contribution >= 4 is 27.4 Å². The van der Waals surface area contributed by atoms with Crippen LogP contribution >= 0.6 is 15.9 Å². The van der Waals surface area contributed by atoms with Gasteiger partial charge < -0.3 is 10.2 Å². The highest BCUT2D eigenvalue weighted by Crippen LogP contribution is 2.26. The van der Waals surface area contributed by atoms with E-state index in [0.29, 0.717) is 21.7 Å². The van der Waals surface area contributed by atoms with E-state index in [4.69, 9.17) is 10.6 Å². The number of aromatic nitrogens is 1. The summed E-state index contributed by atoms with van der Waals surface area (Å²) in [6, 6.07) is 9.68. The van der Waals surface area contributed by atoms with Gasteiger partial charge in [-0.1, -0.05) is 22.0 Å². The average molecular weight is 339 g/mol. The van der Waals surface area contributed by atoms with Crippen molar-refractivity contribution in [3.63, 3.8) is 0 Å². The molecule has 0 amide bonds. The lowest BCUT2D eigenvalue weighted by Crippen LogP contribution is -2.09. The van der Waals surface area contributed by atoms with Crippen LogP contribution in [0.1, 0.15) is 5.69 Å². The van der Waals surface area contributed by atoms with E-state index < -0.39 is 4.92 Å². The summed E-state index contributed by atoms with van der Waals surface area (Å²) in [5.74, 6) is 6.17. The first-order chi connectivity index (χ1) is 9.58. The third-order valence-electron chi connectivity index (χ3n) is 2.41. The number of anilines is 1. The number of rotatable bonds is 5. The Bertz CT molecular complexity index is 636. The van der Waals surface area contributed by atoms with Crippen LogP contribution in [-0.2, 0) is 6.61 Å². The van der Waals surface area contributed by atoms with Crippen LogP contribution in [-0.4, -0.2) is 9.91 Å². The molecule has 104 valence electrons. The number of benzene rings is 1. The number of hydrazine groups is 1. The molecule has 20 heavy (non-hydrogen) atoms. The number of nitrogens with zero attached hydrogens (tertiary/aromatic N) is 2. The lowest BCUT2D eigenvalue weighted by molar-refractivity contribution is -0.385. The largest absolute Gasteiger partial charge is 0.487 e. The molecule has 1 aromatic heterocycles. The molecule has 7 nitrogen and oxygen atoms in total. The molecule has 0 radical (unpaired) electrons. The Labute approximate surface area is 123 Å². The van der Waals surface area contributed by atoms with Gasteiger partial charge in [-0.25, -0.2) is 10.8 Å². The summed E-state index contributed by atoms with van der Waals surface area (Å²) in [5.41, 5.74) is 3.05. The quantitative estimate of drug-likeness (QED) is 0.493. The zero-order valence-corrected chi connectivity index (χ0v) is 11.8. The highest BCUT2D eigenvalue weighted by Gasteiger charge is 2.09. The Kier molecular flexibility index (Phi) is 4.49. The van der Waals surface area contributed by atoms with Crippen LogP contribution < -0.4 is 16.0 Å². The van der Waals surface area contributed by atoms with Crippen molar-refractivity contribution in [3.05, 3.63) is 56.7 Å². The molecule has 0 fully saturated rings. The maximum Gasteiger partial charge on any atom is 0.274 e.